The maximum absolute atomic E-state index is 12.9. The fourth-order valence-electron chi connectivity index (χ4n) is 4.44. The van der Waals surface area contributed by atoms with E-state index < -0.39 is 0 Å². The third kappa shape index (κ3) is 4.51. The van der Waals surface area contributed by atoms with Crippen molar-refractivity contribution in [3.63, 3.8) is 0 Å². The minimum Gasteiger partial charge on any atom is -0.493 e. The average Bonchev–Trinajstić information content (AvgIpc) is 3.21. The van der Waals surface area contributed by atoms with Gasteiger partial charge in [-0.05, 0) is 49.9 Å². The van der Waals surface area contributed by atoms with E-state index in [0.717, 1.165) is 48.4 Å². The number of carbonyl (C=O) groups is 1. The predicted octanol–water partition coefficient (Wildman–Crippen LogP) is 4.71. The highest BCUT2D eigenvalue weighted by atomic mass is 16.5. The molecule has 5 heteroatoms. The number of methoxy groups -OCH3 is 2. The molecule has 0 unspecified atom stereocenters. The lowest BCUT2D eigenvalue weighted by Gasteiger charge is -2.31. The zero-order valence-electron chi connectivity index (χ0n) is 17.8. The number of Topliss-reactive ketones (excluding diaryl/α,β-unsaturated/α-hetero) is 1. The summed E-state index contributed by atoms with van der Waals surface area (Å²) in [6, 6.07) is 14.5. The van der Waals surface area contributed by atoms with E-state index in [1.807, 2.05) is 12.1 Å². The van der Waals surface area contributed by atoms with E-state index >= 15 is 0 Å². The first-order chi connectivity index (χ1) is 14.7. The van der Waals surface area contributed by atoms with Crippen LogP contribution in [0.15, 0.2) is 48.7 Å². The van der Waals surface area contributed by atoms with Crippen molar-refractivity contribution in [2.45, 2.75) is 25.7 Å². The minimum atomic E-state index is 0.167. The molecule has 0 spiro atoms. The molecule has 1 saturated heterocycles. The van der Waals surface area contributed by atoms with Crippen molar-refractivity contribution in [1.29, 1.82) is 0 Å². The second kappa shape index (κ2) is 9.35. The zero-order valence-corrected chi connectivity index (χ0v) is 17.8. The fourth-order valence-corrected chi connectivity index (χ4v) is 4.44. The Hall–Kier alpha value is -2.79. The summed E-state index contributed by atoms with van der Waals surface area (Å²) >= 11 is 0. The molecule has 5 nitrogen and oxygen atoms in total. The molecule has 1 aromatic heterocycles. The maximum Gasteiger partial charge on any atom is 0.166 e. The predicted molar refractivity (Wildman–Crippen MR) is 120 cm³/mol. The third-order valence-electron chi connectivity index (χ3n) is 6.22. The van der Waals surface area contributed by atoms with Crippen molar-refractivity contribution in [1.82, 2.24) is 9.88 Å². The number of hydrogen-bond acceptors (Lipinski definition) is 4. The highest BCUT2D eigenvalue weighted by Crippen LogP contribution is 2.33. The fraction of sp³-hybridized carbons (Fsp3) is 0.400. The number of ether oxygens (including phenoxy) is 2. The van der Waals surface area contributed by atoms with Crippen molar-refractivity contribution >= 4 is 16.7 Å². The van der Waals surface area contributed by atoms with Crippen LogP contribution in [0.4, 0.5) is 0 Å². The van der Waals surface area contributed by atoms with Gasteiger partial charge < -0.3 is 19.4 Å². The van der Waals surface area contributed by atoms with Crippen molar-refractivity contribution in [2.24, 2.45) is 5.92 Å². The molecule has 2 heterocycles. The molecule has 0 bridgehead atoms. The van der Waals surface area contributed by atoms with Crippen molar-refractivity contribution in [3.05, 3.63) is 59.8 Å². The minimum absolute atomic E-state index is 0.167. The van der Waals surface area contributed by atoms with Gasteiger partial charge >= 0.3 is 0 Å². The van der Waals surface area contributed by atoms with Gasteiger partial charge in [0.15, 0.2) is 17.3 Å². The van der Waals surface area contributed by atoms with Crippen molar-refractivity contribution in [2.75, 3.05) is 33.9 Å². The van der Waals surface area contributed by atoms with E-state index in [1.54, 1.807) is 20.4 Å². The third-order valence-corrected chi connectivity index (χ3v) is 6.22. The summed E-state index contributed by atoms with van der Waals surface area (Å²) in [7, 11) is 3.22. The van der Waals surface area contributed by atoms with Crippen LogP contribution in [0.25, 0.3) is 10.9 Å². The van der Waals surface area contributed by atoms with Crippen molar-refractivity contribution in [3.8, 4) is 11.5 Å². The molecular formula is C25H30N2O3. The Kier molecular flexibility index (Phi) is 6.38. The van der Waals surface area contributed by atoms with Gasteiger partial charge in [-0.25, -0.2) is 0 Å². The van der Waals surface area contributed by atoms with Crippen LogP contribution in [0, 0.1) is 5.92 Å². The summed E-state index contributed by atoms with van der Waals surface area (Å²) in [4.78, 5) is 18.5. The number of fused-ring (bicyclic) bond motifs is 1. The number of nitrogens with zero attached hydrogens (tertiary/aromatic N) is 1. The van der Waals surface area contributed by atoms with Crippen LogP contribution in [0.1, 0.15) is 35.2 Å². The van der Waals surface area contributed by atoms with Crippen LogP contribution in [0.5, 0.6) is 11.5 Å². The zero-order chi connectivity index (χ0) is 20.9. The Labute approximate surface area is 178 Å². The van der Waals surface area contributed by atoms with E-state index in [4.69, 9.17) is 9.47 Å². The normalized spacial score (nSPS) is 15.4. The van der Waals surface area contributed by atoms with E-state index in [2.05, 4.69) is 40.2 Å². The van der Waals surface area contributed by atoms with Crippen LogP contribution in [0.3, 0.4) is 0 Å². The van der Waals surface area contributed by atoms with Crippen LogP contribution in [0.2, 0.25) is 0 Å². The van der Waals surface area contributed by atoms with Gasteiger partial charge in [-0.15, -0.1) is 0 Å². The summed E-state index contributed by atoms with van der Waals surface area (Å²) in [5.74, 6) is 2.21. The van der Waals surface area contributed by atoms with Gasteiger partial charge in [0.25, 0.3) is 0 Å². The number of H-pyrrole nitrogens is 1. The van der Waals surface area contributed by atoms with Gasteiger partial charge in [-0.2, -0.15) is 0 Å². The summed E-state index contributed by atoms with van der Waals surface area (Å²) in [6.07, 6.45) is 5.90. The van der Waals surface area contributed by atoms with Crippen LogP contribution >= 0.6 is 0 Å². The Morgan fingerprint density at radius 3 is 2.47 bits per heavy atom. The Balaban J connectivity index is 1.32. The average molecular weight is 407 g/mol. The highest BCUT2D eigenvalue weighted by molar-refractivity contribution is 6.08. The van der Waals surface area contributed by atoms with Crippen LogP contribution in [-0.2, 0) is 6.42 Å². The second-order valence-corrected chi connectivity index (χ2v) is 8.10. The smallest absolute Gasteiger partial charge is 0.166 e. The first-order valence-corrected chi connectivity index (χ1v) is 10.7. The Bertz CT molecular complexity index is 988. The van der Waals surface area contributed by atoms with Crippen LogP contribution < -0.4 is 9.47 Å². The van der Waals surface area contributed by atoms with Gasteiger partial charge in [0.2, 0.25) is 0 Å². The van der Waals surface area contributed by atoms with Gasteiger partial charge in [0.1, 0.15) is 0 Å². The largest absolute Gasteiger partial charge is 0.493 e. The Morgan fingerprint density at radius 2 is 1.77 bits per heavy atom. The lowest BCUT2D eigenvalue weighted by Crippen LogP contribution is -2.35. The number of likely N-dealkylation sites (tertiary alicyclic amines) is 1. The molecule has 0 amide bonds. The molecule has 0 radical (unpaired) electrons. The van der Waals surface area contributed by atoms with E-state index in [1.165, 1.54) is 18.4 Å². The molecule has 1 aliphatic rings. The van der Waals surface area contributed by atoms with Crippen LogP contribution in [-0.4, -0.2) is 49.5 Å². The molecule has 0 saturated carbocycles. The number of benzene rings is 2. The summed E-state index contributed by atoms with van der Waals surface area (Å²) in [6.45, 7) is 2.96. The van der Waals surface area contributed by atoms with E-state index in [9.17, 15) is 4.79 Å². The number of rotatable bonds is 8. The first-order valence-electron chi connectivity index (χ1n) is 10.7. The number of carbonyl (C=O) groups excluding carboxylic acids is 1. The monoisotopic (exact) mass is 406 g/mol. The molecule has 30 heavy (non-hydrogen) atoms. The number of piperidine rings is 1. The van der Waals surface area contributed by atoms with Gasteiger partial charge in [-0.3, -0.25) is 4.79 Å². The number of hydrogen-bond donors (Lipinski definition) is 1. The summed E-state index contributed by atoms with van der Waals surface area (Å²) in [5.41, 5.74) is 3.04. The lowest BCUT2D eigenvalue weighted by atomic mass is 9.90. The number of aromatic nitrogens is 1. The lowest BCUT2D eigenvalue weighted by molar-refractivity contribution is 0.0952. The van der Waals surface area contributed by atoms with Gasteiger partial charge in [-0.1, -0.05) is 30.3 Å². The molecule has 3 aromatic rings. The number of aromatic amines is 1. The van der Waals surface area contributed by atoms with E-state index in [-0.39, 0.29) is 5.78 Å². The molecule has 0 atom stereocenters. The maximum atomic E-state index is 12.9. The second-order valence-electron chi connectivity index (χ2n) is 8.10. The molecule has 2 aromatic carbocycles. The molecule has 1 aliphatic heterocycles. The summed E-state index contributed by atoms with van der Waals surface area (Å²) in [5, 5.41) is 0.888. The topological polar surface area (TPSA) is 54.6 Å². The van der Waals surface area contributed by atoms with Gasteiger partial charge in [0.05, 0.1) is 19.7 Å². The number of ketones is 1. The molecule has 0 aliphatic carbocycles. The Morgan fingerprint density at radius 1 is 1.07 bits per heavy atom. The van der Waals surface area contributed by atoms with E-state index in [0.29, 0.717) is 17.9 Å². The highest BCUT2D eigenvalue weighted by Gasteiger charge is 2.21. The first kappa shape index (κ1) is 20.5. The van der Waals surface area contributed by atoms with Gasteiger partial charge in [0, 0.05) is 36.2 Å². The molecule has 158 valence electrons. The standard InChI is InChI=1S/C25H30N2O3/c1-29-24-15-20-21(17-26-22(20)16-25(24)30-2)23(28)10-13-27-11-8-19(9-12-27)14-18-6-4-3-5-7-18/h3-7,15-17,19,26H,8-14H2,1-2H3. The SMILES string of the molecule is COc1cc2[nH]cc(C(=O)CCN3CCC(Cc4ccccc4)CC3)c2cc1OC. The quantitative estimate of drug-likeness (QED) is 0.551. The number of nitrogens with one attached hydrogen (secondary N) is 1. The molecule has 1 fully saturated rings. The molecule has 1 N–H and O–H groups in total. The molecular weight excluding hydrogens is 376 g/mol. The molecule has 4 rings (SSSR count). The van der Waals surface area contributed by atoms with Crippen molar-refractivity contribution < 1.29 is 14.3 Å². The summed E-state index contributed by atoms with van der Waals surface area (Å²) < 4.78 is 10.7.